The number of carbonyl (C=O) groups is 3. The van der Waals surface area contributed by atoms with E-state index in [0.717, 1.165) is 30.7 Å². The zero-order chi connectivity index (χ0) is 30.7. The lowest BCUT2D eigenvalue weighted by molar-refractivity contribution is -0.139. The van der Waals surface area contributed by atoms with Crippen LogP contribution in [0.25, 0.3) is 0 Å². The quantitative estimate of drug-likeness (QED) is 0.379. The van der Waals surface area contributed by atoms with Crippen LogP contribution < -0.4 is 4.72 Å². The van der Waals surface area contributed by atoms with Gasteiger partial charge in [0.2, 0.25) is 15.9 Å². The number of thiophene rings is 1. The predicted octanol–water partition coefficient (Wildman–Crippen LogP) is 3.07. The molecule has 2 unspecified atom stereocenters. The first-order valence-electron chi connectivity index (χ1n) is 14.5. The normalized spacial score (nSPS) is 22.0. The number of carboxylic acid groups (broad SMARTS) is 1. The number of rotatable bonds is 11. The van der Waals surface area contributed by atoms with Gasteiger partial charge in [0.15, 0.2) is 0 Å². The van der Waals surface area contributed by atoms with Crippen molar-refractivity contribution in [2.45, 2.75) is 65.0 Å². The van der Waals surface area contributed by atoms with Crippen LogP contribution in [-0.4, -0.2) is 115 Å². The van der Waals surface area contributed by atoms with Gasteiger partial charge in [-0.15, -0.1) is 11.3 Å². The van der Waals surface area contributed by atoms with E-state index in [9.17, 15) is 27.9 Å². The van der Waals surface area contributed by atoms with Gasteiger partial charge in [-0.25, -0.2) is 13.2 Å². The summed E-state index contributed by atoms with van der Waals surface area (Å²) in [5.41, 5.74) is -0.155. The van der Waals surface area contributed by atoms with E-state index in [1.165, 1.54) is 16.2 Å². The molecule has 4 rings (SSSR count). The van der Waals surface area contributed by atoms with E-state index >= 15 is 0 Å². The van der Waals surface area contributed by atoms with Crippen LogP contribution >= 0.6 is 22.9 Å². The van der Waals surface area contributed by atoms with E-state index in [4.69, 9.17) is 11.6 Å². The number of aryl methyl sites for hydroxylation is 1. The molecule has 0 aliphatic carbocycles. The number of carbonyl (C=O) groups excluding carboxylic acids is 2. The Kier molecular flexibility index (Phi) is 10.5. The fraction of sp³-hybridized carbons (Fsp3) is 0.679. The van der Waals surface area contributed by atoms with Crippen molar-refractivity contribution in [1.29, 1.82) is 0 Å². The van der Waals surface area contributed by atoms with Crippen molar-refractivity contribution >= 4 is 50.9 Å². The van der Waals surface area contributed by atoms with Gasteiger partial charge in [-0.3, -0.25) is 19.2 Å². The lowest BCUT2D eigenvalue weighted by Gasteiger charge is -2.34. The molecule has 0 aromatic carbocycles. The molecule has 1 aromatic heterocycles. The van der Waals surface area contributed by atoms with Crippen molar-refractivity contribution in [3.63, 3.8) is 0 Å². The number of nitrogens with one attached hydrogen (secondary N) is 1. The van der Waals surface area contributed by atoms with Crippen molar-refractivity contribution in [1.82, 2.24) is 24.3 Å². The van der Waals surface area contributed by atoms with Crippen LogP contribution in [0, 0.1) is 5.41 Å². The van der Waals surface area contributed by atoms with Crippen LogP contribution in [0.2, 0.25) is 4.34 Å². The number of nitrogens with zero attached hydrogens (tertiary/aromatic N) is 4. The molecular formula is C28H42ClN5O6S2. The highest BCUT2D eigenvalue weighted by molar-refractivity contribution is 7.89. The standard InChI is InChI=1S/C28H42ClN5O6S2/c1-28(2,3)19-34(27(37)38)21-10-14-31(17-21)16-20-6-4-13-33(20)25(35)18-32-12-5-7-23(26(32)36)30-42(39,40)15-11-22-8-9-24(29)41-22/h7-9,20-21,30H,4-6,10-19H2,1-3H3,(H,37,38). The molecular weight excluding hydrogens is 602 g/mol. The minimum Gasteiger partial charge on any atom is -0.465 e. The molecule has 3 amide bonds. The van der Waals surface area contributed by atoms with E-state index in [0.29, 0.717) is 43.5 Å². The van der Waals surface area contributed by atoms with Crippen molar-refractivity contribution in [2.24, 2.45) is 5.41 Å². The van der Waals surface area contributed by atoms with Gasteiger partial charge in [-0.1, -0.05) is 38.4 Å². The molecule has 2 saturated heterocycles. The van der Waals surface area contributed by atoms with E-state index in [-0.39, 0.29) is 47.8 Å². The third kappa shape index (κ3) is 8.84. The minimum atomic E-state index is -3.76. The van der Waals surface area contributed by atoms with Gasteiger partial charge in [0, 0.05) is 56.2 Å². The van der Waals surface area contributed by atoms with E-state index in [1.807, 2.05) is 25.7 Å². The molecule has 0 saturated carbocycles. The van der Waals surface area contributed by atoms with E-state index in [2.05, 4.69) is 9.62 Å². The molecule has 4 heterocycles. The van der Waals surface area contributed by atoms with Crippen LogP contribution in [0.1, 0.15) is 51.3 Å². The lowest BCUT2D eigenvalue weighted by atomic mass is 9.95. The summed E-state index contributed by atoms with van der Waals surface area (Å²) < 4.78 is 28.4. The third-order valence-electron chi connectivity index (χ3n) is 7.85. The first kappa shape index (κ1) is 32.6. The summed E-state index contributed by atoms with van der Waals surface area (Å²) in [4.78, 5) is 46.3. The molecule has 42 heavy (non-hydrogen) atoms. The Balaban J connectivity index is 1.29. The number of sulfonamides is 1. The number of halogens is 1. The van der Waals surface area contributed by atoms with Gasteiger partial charge in [0.25, 0.3) is 5.91 Å². The summed E-state index contributed by atoms with van der Waals surface area (Å²) in [6.45, 7) is 9.47. The summed E-state index contributed by atoms with van der Waals surface area (Å²) in [5, 5.41) is 9.79. The number of likely N-dealkylation sites (tertiary alicyclic amines) is 2. The average molecular weight is 644 g/mol. The fourth-order valence-electron chi connectivity index (χ4n) is 5.90. The van der Waals surface area contributed by atoms with Crippen molar-refractivity contribution in [3.05, 3.63) is 33.1 Å². The number of amides is 3. The smallest absolute Gasteiger partial charge is 0.407 e. The lowest BCUT2D eigenvalue weighted by Crippen LogP contribution is -2.50. The van der Waals surface area contributed by atoms with E-state index < -0.39 is 22.0 Å². The van der Waals surface area contributed by atoms with Gasteiger partial charge in [0.1, 0.15) is 12.2 Å². The Morgan fingerprint density at radius 2 is 1.95 bits per heavy atom. The van der Waals surface area contributed by atoms with Crippen LogP contribution in [0.15, 0.2) is 23.9 Å². The van der Waals surface area contributed by atoms with Crippen molar-refractivity contribution < 1.29 is 27.9 Å². The Morgan fingerprint density at radius 1 is 1.19 bits per heavy atom. The maximum atomic E-state index is 13.4. The van der Waals surface area contributed by atoms with Gasteiger partial charge >= 0.3 is 6.09 Å². The van der Waals surface area contributed by atoms with Crippen LogP contribution in [0.3, 0.4) is 0 Å². The second-order valence-electron chi connectivity index (χ2n) is 12.6. The second kappa shape index (κ2) is 13.5. The Bertz CT molecular complexity index is 1290. The van der Waals surface area contributed by atoms with Crippen LogP contribution in [0.4, 0.5) is 4.79 Å². The summed E-state index contributed by atoms with van der Waals surface area (Å²) in [6.07, 6.45) is 3.89. The molecule has 0 radical (unpaired) electrons. The first-order chi connectivity index (χ1) is 19.7. The highest BCUT2D eigenvalue weighted by Crippen LogP contribution is 2.26. The van der Waals surface area contributed by atoms with Crippen molar-refractivity contribution in [3.8, 4) is 0 Å². The highest BCUT2D eigenvalue weighted by Gasteiger charge is 2.37. The number of hydrogen-bond donors (Lipinski definition) is 2. The zero-order valence-electron chi connectivity index (χ0n) is 24.6. The van der Waals surface area contributed by atoms with Crippen LogP contribution in [-0.2, 0) is 26.0 Å². The summed E-state index contributed by atoms with van der Waals surface area (Å²) in [5.74, 6) is -0.830. The molecule has 0 bridgehead atoms. The molecule has 2 atom stereocenters. The number of hydrogen-bond acceptors (Lipinski definition) is 7. The van der Waals surface area contributed by atoms with Crippen LogP contribution in [0.5, 0.6) is 0 Å². The first-order valence-corrected chi connectivity index (χ1v) is 17.3. The van der Waals surface area contributed by atoms with E-state index in [1.54, 1.807) is 23.1 Å². The second-order valence-corrected chi connectivity index (χ2v) is 16.2. The van der Waals surface area contributed by atoms with Gasteiger partial charge in [-0.05, 0) is 49.7 Å². The average Bonchev–Trinajstić information content (AvgIpc) is 3.65. The topological polar surface area (TPSA) is 131 Å². The Labute approximate surface area is 257 Å². The minimum absolute atomic E-state index is 0.00342. The molecule has 1 aromatic rings. The molecule has 234 valence electrons. The molecule has 3 aliphatic rings. The Morgan fingerprint density at radius 3 is 2.62 bits per heavy atom. The van der Waals surface area contributed by atoms with Gasteiger partial charge in [-0.2, -0.15) is 0 Å². The summed E-state index contributed by atoms with van der Waals surface area (Å²) in [6, 6.07) is 3.43. The zero-order valence-corrected chi connectivity index (χ0v) is 26.9. The summed E-state index contributed by atoms with van der Waals surface area (Å²) >= 11 is 7.25. The molecule has 2 N–H and O–H groups in total. The SMILES string of the molecule is CC(C)(C)CN(C(=O)O)C1CCN(CC2CCCN2C(=O)CN2CCC=C(NS(=O)(=O)CCc3ccc(Cl)s3)C2=O)C1. The Hall–Kier alpha value is -2.35. The molecule has 2 fully saturated rings. The third-order valence-corrected chi connectivity index (χ3v) is 10.4. The van der Waals surface area contributed by atoms with Gasteiger partial charge < -0.3 is 19.8 Å². The van der Waals surface area contributed by atoms with Crippen molar-refractivity contribution in [2.75, 3.05) is 51.6 Å². The summed E-state index contributed by atoms with van der Waals surface area (Å²) in [7, 11) is -3.76. The molecule has 11 nitrogen and oxygen atoms in total. The predicted molar refractivity (Wildman–Crippen MR) is 163 cm³/mol. The monoisotopic (exact) mass is 643 g/mol. The largest absolute Gasteiger partial charge is 0.465 e. The highest BCUT2D eigenvalue weighted by atomic mass is 35.5. The molecule has 3 aliphatic heterocycles. The fourth-order valence-corrected chi connectivity index (χ4v) is 8.21. The molecule has 0 spiro atoms. The molecule has 14 heteroatoms. The maximum Gasteiger partial charge on any atom is 0.407 e. The van der Waals surface area contributed by atoms with Gasteiger partial charge in [0.05, 0.1) is 10.1 Å². The maximum absolute atomic E-state index is 13.4.